The van der Waals surface area contributed by atoms with Gasteiger partial charge >= 0.3 is 0 Å². The van der Waals surface area contributed by atoms with E-state index in [1.54, 1.807) is 0 Å². The Balaban J connectivity index is 0. The Hall–Kier alpha value is -1.97. The largest absolute Gasteiger partial charge is 0.297 e. The van der Waals surface area contributed by atoms with Crippen LogP contribution in [0.15, 0.2) is 29.7 Å². The summed E-state index contributed by atoms with van der Waals surface area (Å²) in [5, 5.41) is 0. The van der Waals surface area contributed by atoms with Gasteiger partial charge in [0.15, 0.2) is 5.65 Å². The molecule has 0 aliphatic rings. The van der Waals surface area contributed by atoms with Crippen molar-refractivity contribution >= 4 is 17.4 Å². The van der Waals surface area contributed by atoms with Gasteiger partial charge in [-0.05, 0) is 32.6 Å². The summed E-state index contributed by atoms with van der Waals surface area (Å²) in [4.78, 5) is 13.4. The van der Waals surface area contributed by atoms with E-state index in [9.17, 15) is 0 Å². The van der Waals surface area contributed by atoms with Crippen LogP contribution in [0.5, 0.6) is 0 Å². The average molecular weight is 375 g/mol. The highest BCUT2D eigenvalue weighted by Crippen LogP contribution is 2.18. The molecule has 4 heteroatoms. The van der Waals surface area contributed by atoms with Crippen molar-refractivity contribution in [2.75, 3.05) is 6.54 Å². The Morgan fingerprint density at radius 2 is 1.74 bits per heavy atom. The molecule has 2 aromatic rings. The molecule has 154 valence electrons. The zero-order valence-electron chi connectivity index (χ0n) is 19.4. The van der Waals surface area contributed by atoms with Gasteiger partial charge in [-0.25, -0.2) is 4.98 Å². The van der Waals surface area contributed by atoms with Crippen molar-refractivity contribution < 1.29 is 0 Å². The smallest absolute Gasteiger partial charge is 0.159 e. The van der Waals surface area contributed by atoms with E-state index in [1.807, 2.05) is 80.2 Å². The molecule has 0 aliphatic carbocycles. The van der Waals surface area contributed by atoms with Gasteiger partial charge in [-0.1, -0.05) is 61.5 Å². The van der Waals surface area contributed by atoms with Crippen LogP contribution in [0.1, 0.15) is 87.0 Å². The molecule has 2 heterocycles. The summed E-state index contributed by atoms with van der Waals surface area (Å²) in [7, 11) is 0. The van der Waals surface area contributed by atoms with E-state index in [0.717, 1.165) is 42.0 Å². The molecule has 0 N–H and O–H groups in total. The Morgan fingerprint density at radius 3 is 2.26 bits per heavy atom. The van der Waals surface area contributed by atoms with Crippen molar-refractivity contribution in [3.63, 3.8) is 0 Å². The molecule has 0 fully saturated rings. The number of hydrogen-bond donors (Lipinski definition) is 0. The van der Waals surface area contributed by atoms with E-state index < -0.39 is 0 Å². The Kier molecular flexibility index (Phi) is 17.6. The minimum atomic E-state index is 0.671. The molecule has 0 saturated carbocycles. The number of nitrogens with zero attached hydrogens (tertiary/aromatic N) is 4. The molecule has 0 amide bonds. The summed E-state index contributed by atoms with van der Waals surface area (Å²) in [5.41, 5.74) is 4.18. The predicted octanol–water partition coefficient (Wildman–Crippen LogP) is 6.89. The lowest BCUT2D eigenvalue weighted by Gasteiger charge is -2.07. The van der Waals surface area contributed by atoms with Gasteiger partial charge in [0.25, 0.3) is 0 Å². The van der Waals surface area contributed by atoms with E-state index in [4.69, 9.17) is 0 Å². The molecule has 0 bridgehead atoms. The monoisotopic (exact) mass is 374 g/mol. The topological polar surface area (TPSA) is 42.5 Å². The van der Waals surface area contributed by atoms with Crippen LogP contribution in [0.3, 0.4) is 0 Å². The van der Waals surface area contributed by atoms with Crippen molar-refractivity contribution in [1.82, 2.24) is 14.4 Å². The molecular weight excluding hydrogens is 332 g/mol. The highest BCUT2D eigenvalue weighted by molar-refractivity contribution is 6.09. The Morgan fingerprint density at radius 1 is 1.11 bits per heavy atom. The van der Waals surface area contributed by atoms with Crippen molar-refractivity contribution in [3.8, 4) is 0 Å². The number of fused-ring (bicyclic) bond motifs is 1. The lowest BCUT2D eigenvalue weighted by atomic mass is 10.1. The van der Waals surface area contributed by atoms with Crippen molar-refractivity contribution in [2.24, 2.45) is 10.9 Å². The maximum Gasteiger partial charge on any atom is 0.159 e. The second-order valence-corrected chi connectivity index (χ2v) is 5.52. The molecule has 0 aliphatic heterocycles. The summed E-state index contributed by atoms with van der Waals surface area (Å²) in [6.07, 6.45) is 11.8. The summed E-state index contributed by atoms with van der Waals surface area (Å²) in [5.74, 6) is 0.671. The summed E-state index contributed by atoms with van der Waals surface area (Å²) in [6.45, 7) is 21.3. The Labute approximate surface area is 167 Å². The number of aromatic nitrogens is 3. The summed E-state index contributed by atoms with van der Waals surface area (Å²) in [6, 6.07) is 0. The number of imidazole rings is 1. The first-order chi connectivity index (χ1) is 13.2. The summed E-state index contributed by atoms with van der Waals surface area (Å²) < 4.78 is 2.11. The van der Waals surface area contributed by atoms with Crippen molar-refractivity contribution in [3.05, 3.63) is 36.1 Å². The fraction of sp³-hybridized carbons (Fsp3) is 0.609. The van der Waals surface area contributed by atoms with Gasteiger partial charge in [-0.3, -0.25) is 14.4 Å². The lowest BCUT2D eigenvalue weighted by Crippen LogP contribution is -2.01. The van der Waals surface area contributed by atoms with Gasteiger partial charge in [0, 0.05) is 30.7 Å². The lowest BCUT2D eigenvalue weighted by molar-refractivity contribution is 0.582. The standard InChI is InChI=1S/C17H24N4.3C2H6/c1-5-14(11-18-6-2)16-12-20-17-15(8-7-13(3)4)19-9-10-21(16)17;3*1-2/h5,9-13H,6-8H2,1-4H3;3*1-2H3/b14-5+,18-11?;;;. The first-order valence-electron chi connectivity index (χ1n) is 10.6. The van der Waals surface area contributed by atoms with Gasteiger partial charge in [-0.2, -0.15) is 0 Å². The van der Waals surface area contributed by atoms with Gasteiger partial charge in [-0.15, -0.1) is 0 Å². The second-order valence-electron chi connectivity index (χ2n) is 5.52. The Bertz CT molecular complexity index is 651. The molecule has 0 atom stereocenters. The van der Waals surface area contributed by atoms with Crippen LogP contribution in [-0.2, 0) is 6.42 Å². The first kappa shape index (κ1) is 27.3. The predicted molar refractivity (Wildman–Crippen MR) is 123 cm³/mol. The average Bonchev–Trinajstić information content (AvgIpc) is 3.16. The van der Waals surface area contributed by atoms with Crippen LogP contribution < -0.4 is 0 Å². The zero-order valence-corrected chi connectivity index (χ0v) is 19.4. The van der Waals surface area contributed by atoms with Gasteiger partial charge in [0.05, 0.1) is 17.6 Å². The molecule has 0 saturated heterocycles. The molecule has 27 heavy (non-hydrogen) atoms. The molecule has 4 nitrogen and oxygen atoms in total. The highest BCUT2D eigenvalue weighted by atomic mass is 15.0. The maximum absolute atomic E-state index is 4.57. The molecule has 0 aromatic carbocycles. The van der Waals surface area contributed by atoms with E-state index in [-0.39, 0.29) is 0 Å². The maximum atomic E-state index is 4.57. The fourth-order valence-electron chi connectivity index (χ4n) is 2.27. The molecule has 0 unspecified atom stereocenters. The van der Waals surface area contributed by atoms with E-state index in [1.165, 1.54) is 0 Å². The number of rotatable bonds is 6. The van der Waals surface area contributed by atoms with Crippen molar-refractivity contribution in [1.29, 1.82) is 0 Å². The molecular formula is C23H42N4. The molecule has 2 rings (SSSR count). The van der Waals surface area contributed by atoms with Crippen LogP contribution in [0.4, 0.5) is 0 Å². The number of hydrogen-bond acceptors (Lipinski definition) is 3. The SMILES string of the molecule is C/C=C(\C=NCC)c1cnc2c(CCC(C)C)nccn12.CC.CC.CC. The normalized spacial score (nSPS) is 10.7. The van der Waals surface area contributed by atoms with Crippen LogP contribution in [0.25, 0.3) is 11.2 Å². The van der Waals surface area contributed by atoms with Crippen LogP contribution in [0, 0.1) is 5.92 Å². The third-order valence-corrected chi connectivity index (χ3v) is 3.48. The third-order valence-electron chi connectivity index (χ3n) is 3.48. The van der Waals surface area contributed by atoms with Crippen LogP contribution >= 0.6 is 0 Å². The number of aryl methyl sites for hydroxylation is 1. The third kappa shape index (κ3) is 8.98. The molecule has 0 spiro atoms. The van der Waals surface area contributed by atoms with E-state index >= 15 is 0 Å². The number of allylic oxidation sites excluding steroid dienone is 2. The van der Waals surface area contributed by atoms with Crippen LogP contribution in [-0.4, -0.2) is 27.1 Å². The van der Waals surface area contributed by atoms with Gasteiger partial charge < -0.3 is 0 Å². The van der Waals surface area contributed by atoms with Crippen molar-refractivity contribution in [2.45, 2.75) is 82.1 Å². The van der Waals surface area contributed by atoms with Crippen LogP contribution in [0.2, 0.25) is 0 Å². The second kappa shape index (κ2) is 17.4. The van der Waals surface area contributed by atoms with E-state index in [2.05, 4.69) is 39.3 Å². The minimum absolute atomic E-state index is 0.671. The quantitative estimate of drug-likeness (QED) is 0.517. The number of aliphatic imine (C=N–C) groups is 1. The molecule has 0 radical (unpaired) electrons. The zero-order chi connectivity index (χ0) is 21.2. The van der Waals surface area contributed by atoms with E-state index in [0.29, 0.717) is 5.92 Å². The summed E-state index contributed by atoms with van der Waals surface area (Å²) >= 11 is 0. The van der Waals surface area contributed by atoms with Gasteiger partial charge in [0.1, 0.15) is 0 Å². The fourth-order valence-corrected chi connectivity index (χ4v) is 2.27. The molecule has 2 aromatic heterocycles. The minimum Gasteiger partial charge on any atom is -0.297 e. The first-order valence-corrected chi connectivity index (χ1v) is 10.6. The van der Waals surface area contributed by atoms with Gasteiger partial charge in [0.2, 0.25) is 0 Å². The highest BCUT2D eigenvalue weighted by Gasteiger charge is 2.11.